The molecular formula is C19H26N4O. The number of aromatic amines is 1. The highest BCUT2D eigenvalue weighted by Gasteiger charge is 2.19. The average molecular weight is 326 g/mol. The van der Waals surface area contributed by atoms with Crippen molar-refractivity contribution in [1.82, 2.24) is 15.1 Å². The molecule has 0 atom stereocenters. The van der Waals surface area contributed by atoms with Crippen molar-refractivity contribution in [2.75, 3.05) is 18.9 Å². The molecule has 1 aliphatic carbocycles. The molecular weight excluding hydrogens is 300 g/mol. The Morgan fingerprint density at radius 3 is 3.00 bits per heavy atom. The minimum absolute atomic E-state index is 0.0582. The van der Waals surface area contributed by atoms with Crippen LogP contribution in [0.2, 0.25) is 0 Å². The molecule has 1 aliphatic rings. The molecule has 0 bridgehead atoms. The lowest BCUT2D eigenvalue weighted by Gasteiger charge is -2.16. The van der Waals surface area contributed by atoms with Gasteiger partial charge in [-0.3, -0.25) is 14.8 Å². The molecule has 0 unspecified atom stereocenters. The molecule has 1 heterocycles. The fourth-order valence-electron chi connectivity index (χ4n) is 3.23. The Hall–Kier alpha value is -2.14. The van der Waals surface area contributed by atoms with Crippen molar-refractivity contribution in [3.05, 3.63) is 46.3 Å². The van der Waals surface area contributed by atoms with Crippen molar-refractivity contribution in [3.63, 3.8) is 0 Å². The Balaban J connectivity index is 1.49. The third-order valence-electron chi connectivity index (χ3n) is 4.70. The lowest BCUT2D eigenvalue weighted by Crippen LogP contribution is -2.24. The van der Waals surface area contributed by atoms with Crippen molar-refractivity contribution >= 4 is 11.6 Å². The zero-order valence-corrected chi connectivity index (χ0v) is 14.8. The van der Waals surface area contributed by atoms with E-state index in [0.717, 1.165) is 48.4 Å². The summed E-state index contributed by atoms with van der Waals surface area (Å²) in [7, 11) is 2.04. The second-order valence-corrected chi connectivity index (χ2v) is 6.84. The summed E-state index contributed by atoms with van der Waals surface area (Å²) >= 11 is 0. The van der Waals surface area contributed by atoms with Crippen LogP contribution in [0.5, 0.6) is 0 Å². The summed E-state index contributed by atoms with van der Waals surface area (Å²) < 4.78 is 0. The maximum absolute atomic E-state index is 12.2. The highest BCUT2D eigenvalue weighted by molar-refractivity contribution is 5.91. The summed E-state index contributed by atoms with van der Waals surface area (Å²) in [6, 6.07) is 6.11. The van der Waals surface area contributed by atoms with Crippen molar-refractivity contribution in [3.8, 4) is 0 Å². The molecule has 2 aromatic rings. The molecule has 128 valence electrons. The standard InChI is InChI=1S/C19H26N4O/c1-13-7-8-14(2)17(11-13)20-19(24)9-10-23(3)12-18-15-5-4-6-16(15)21-22-18/h7-8,11H,4-6,9-10,12H2,1-3H3,(H,20,24)(H,21,22). The van der Waals surface area contributed by atoms with Crippen molar-refractivity contribution < 1.29 is 4.79 Å². The summed E-state index contributed by atoms with van der Waals surface area (Å²) in [6.07, 6.45) is 3.95. The smallest absolute Gasteiger partial charge is 0.225 e. The van der Waals surface area contributed by atoms with E-state index < -0.39 is 0 Å². The van der Waals surface area contributed by atoms with Crippen molar-refractivity contribution in [2.45, 2.75) is 46.1 Å². The van der Waals surface area contributed by atoms with Gasteiger partial charge in [0.05, 0.1) is 5.69 Å². The lowest BCUT2D eigenvalue weighted by molar-refractivity contribution is -0.116. The van der Waals surface area contributed by atoms with Gasteiger partial charge in [-0.1, -0.05) is 12.1 Å². The molecule has 2 N–H and O–H groups in total. The number of hydrogen-bond acceptors (Lipinski definition) is 3. The van der Waals surface area contributed by atoms with Gasteiger partial charge in [-0.25, -0.2) is 0 Å². The first-order chi connectivity index (χ1) is 11.5. The van der Waals surface area contributed by atoms with Crippen LogP contribution in [0.1, 0.15) is 40.9 Å². The van der Waals surface area contributed by atoms with Crippen LogP contribution < -0.4 is 5.32 Å². The van der Waals surface area contributed by atoms with Crippen LogP contribution in [-0.4, -0.2) is 34.6 Å². The predicted octanol–water partition coefficient (Wildman–Crippen LogP) is 2.98. The van der Waals surface area contributed by atoms with E-state index >= 15 is 0 Å². The Morgan fingerprint density at radius 2 is 2.17 bits per heavy atom. The number of carbonyl (C=O) groups excluding carboxylic acids is 1. The second kappa shape index (κ2) is 7.18. The number of aromatic nitrogens is 2. The van der Waals surface area contributed by atoms with Gasteiger partial charge in [0.25, 0.3) is 0 Å². The third kappa shape index (κ3) is 3.85. The Labute approximate surface area is 143 Å². The fourth-order valence-corrected chi connectivity index (χ4v) is 3.23. The predicted molar refractivity (Wildman–Crippen MR) is 96.1 cm³/mol. The molecule has 1 amide bonds. The highest BCUT2D eigenvalue weighted by Crippen LogP contribution is 2.23. The van der Waals surface area contributed by atoms with Gasteiger partial charge in [0.1, 0.15) is 0 Å². The summed E-state index contributed by atoms with van der Waals surface area (Å²) in [5.41, 5.74) is 6.98. The molecule has 5 heteroatoms. The molecule has 1 aromatic heterocycles. The largest absolute Gasteiger partial charge is 0.326 e. The van der Waals surface area contributed by atoms with E-state index in [1.54, 1.807) is 0 Å². The first-order valence-electron chi connectivity index (χ1n) is 8.63. The minimum atomic E-state index is 0.0582. The van der Waals surface area contributed by atoms with Crippen molar-refractivity contribution in [1.29, 1.82) is 0 Å². The monoisotopic (exact) mass is 326 g/mol. The molecule has 0 saturated carbocycles. The number of carbonyl (C=O) groups is 1. The minimum Gasteiger partial charge on any atom is -0.326 e. The van der Waals surface area contributed by atoms with Crippen LogP contribution >= 0.6 is 0 Å². The van der Waals surface area contributed by atoms with Crippen LogP contribution in [0.4, 0.5) is 5.69 Å². The van der Waals surface area contributed by atoms with Gasteiger partial charge < -0.3 is 5.32 Å². The summed E-state index contributed by atoms with van der Waals surface area (Å²) in [6.45, 7) is 5.56. The summed E-state index contributed by atoms with van der Waals surface area (Å²) in [4.78, 5) is 14.4. The Bertz CT molecular complexity index is 735. The number of anilines is 1. The number of amides is 1. The molecule has 0 radical (unpaired) electrons. The summed E-state index contributed by atoms with van der Waals surface area (Å²) in [5.74, 6) is 0.0582. The van der Waals surface area contributed by atoms with Crippen LogP contribution in [0.25, 0.3) is 0 Å². The fraction of sp³-hybridized carbons (Fsp3) is 0.474. The SMILES string of the molecule is Cc1ccc(C)c(NC(=O)CCN(C)Cc2n[nH]c3c2CCC3)c1. The number of H-pyrrole nitrogens is 1. The normalized spacial score (nSPS) is 13.3. The van der Waals surface area contributed by atoms with Gasteiger partial charge in [0.15, 0.2) is 0 Å². The molecule has 0 aliphatic heterocycles. The van der Waals surface area contributed by atoms with Gasteiger partial charge >= 0.3 is 0 Å². The van der Waals surface area contributed by atoms with Gasteiger partial charge in [-0.15, -0.1) is 0 Å². The lowest BCUT2D eigenvalue weighted by atomic mass is 10.1. The van der Waals surface area contributed by atoms with Crippen LogP contribution in [0.3, 0.4) is 0 Å². The first-order valence-corrected chi connectivity index (χ1v) is 8.63. The van der Waals surface area contributed by atoms with E-state index in [9.17, 15) is 4.79 Å². The third-order valence-corrected chi connectivity index (χ3v) is 4.70. The molecule has 0 spiro atoms. The van der Waals surface area contributed by atoms with Gasteiger partial charge in [-0.05, 0) is 62.9 Å². The molecule has 0 saturated heterocycles. The van der Waals surface area contributed by atoms with E-state index in [1.165, 1.54) is 17.7 Å². The van der Waals surface area contributed by atoms with Crippen molar-refractivity contribution in [2.24, 2.45) is 0 Å². The molecule has 24 heavy (non-hydrogen) atoms. The summed E-state index contributed by atoms with van der Waals surface area (Å²) in [5, 5.41) is 10.6. The van der Waals surface area contributed by atoms with Crippen LogP contribution in [0, 0.1) is 13.8 Å². The number of rotatable bonds is 6. The van der Waals surface area contributed by atoms with Gasteiger partial charge in [0.2, 0.25) is 5.91 Å². The molecule has 0 fully saturated rings. The highest BCUT2D eigenvalue weighted by atomic mass is 16.1. The quantitative estimate of drug-likeness (QED) is 0.858. The molecule has 3 rings (SSSR count). The van der Waals surface area contributed by atoms with Crippen LogP contribution in [0.15, 0.2) is 18.2 Å². The number of aryl methyl sites for hydroxylation is 3. The Kier molecular flexibility index (Phi) is 5.00. The number of nitrogens with zero attached hydrogens (tertiary/aromatic N) is 2. The molecule has 1 aromatic carbocycles. The van der Waals surface area contributed by atoms with E-state index in [2.05, 4.69) is 26.5 Å². The molecule has 5 nitrogen and oxygen atoms in total. The maximum atomic E-state index is 12.2. The van der Waals surface area contributed by atoms with E-state index in [0.29, 0.717) is 6.42 Å². The zero-order valence-electron chi connectivity index (χ0n) is 14.8. The van der Waals surface area contributed by atoms with Gasteiger partial charge in [0, 0.05) is 30.9 Å². The van der Waals surface area contributed by atoms with Crippen LogP contribution in [-0.2, 0) is 24.2 Å². The second-order valence-electron chi connectivity index (χ2n) is 6.84. The average Bonchev–Trinajstić information content (AvgIpc) is 3.14. The van der Waals surface area contributed by atoms with E-state index in [4.69, 9.17) is 0 Å². The topological polar surface area (TPSA) is 61.0 Å². The zero-order chi connectivity index (χ0) is 17.1. The van der Waals surface area contributed by atoms with E-state index in [-0.39, 0.29) is 5.91 Å². The first kappa shape index (κ1) is 16.7. The number of hydrogen-bond donors (Lipinski definition) is 2. The maximum Gasteiger partial charge on any atom is 0.225 e. The van der Waals surface area contributed by atoms with Gasteiger partial charge in [-0.2, -0.15) is 5.10 Å². The number of fused-ring (bicyclic) bond motifs is 1. The number of nitrogens with one attached hydrogen (secondary N) is 2. The van der Waals surface area contributed by atoms with E-state index in [1.807, 2.05) is 33.0 Å². The number of benzene rings is 1. The Morgan fingerprint density at radius 1 is 1.33 bits per heavy atom.